The number of benzene rings is 1. The number of carbonyl (C=O) groups excluding carboxylic acids is 2. The number of nitrogens with one attached hydrogen (secondary N) is 1. The molecule has 7 heteroatoms. The zero-order valence-corrected chi connectivity index (χ0v) is 18.2. The van der Waals surface area contributed by atoms with Crippen LogP contribution in [0.3, 0.4) is 0 Å². The topological polar surface area (TPSA) is 49.4 Å². The fourth-order valence-corrected chi connectivity index (χ4v) is 4.60. The average molecular weight is 446 g/mol. The molecule has 28 heavy (non-hydrogen) atoms. The highest BCUT2D eigenvalue weighted by Crippen LogP contribution is 2.33. The molecule has 0 atom stereocenters. The third-order valence-electron chi connectivity index (χ3n) is 5.83. The van der Waals surface area contributed by atoms with Crippen LogP contribution in [0.25, 0.3) is 0 Å². The van der Waals surface area contributed by atoms with Gasteiger partial charge in [0.05, 0.1) is 11.3 Å². The van der Waals surface area contributed by atoms with Crippen molar-refractivity contribution in [2.75, 3.05) is 5.32 Å². The third-order valence-corrected chi connectivity index (χ3v) is 6.35. The molecule has 1 aromatic carbocycles. The summed E-state index contributed by atoms with van der Waals surface area (Å²) in [6.07, 6.45) is 11.3. The molecule has 0 spiro atoms. The van der Waals surface area contributed by atoms with Crippen LogP contribution in [-0.4, -0.2) is 32.6 Å². The molecule has 2 aliphatic carbocycles. The van der Waals surface area contributed by atoms with E-state index >= 15 is 0 Å². The zero-order valence-electron chi connectivity index (χ0n) is 15.9. The Hall–Kier alpha value is -0.970. The normalized spacial score (nSPS) is 19.2. The Kier molecular flexibility index (Phi) is 7.52. The predicted molar refractivity (Wildman–Crippen MR) is 115 cm³/mol. The maximum absolute atomic E-state index is 13.7. The lowest BCUT2D eigenvalue weighted by Crippen LogP contribution is -2.49. The van der Waals surface area contributed by atoms with E-state index in [9.17, 15) is 9.59 Å². The van der Waals surface area contributed by atoms with E-state index in [-0.39, 0.29) is 18.0 Å². The van der Waals surface area contributed by atoms with Gasteiger partial charge < -0.3 is 10.2 Å². The first-order valence-corrected chi connectivity index (χ1v) is 11.3. The van der Waals surface area contributed by atoms with E-state index < -0.39 is 9.70 Å². The van der Waals surface area contributed by atoms with E-state index in [1.807, 2.05) is 0 Å². The molecule has 2 saturated carbocycles. The Balaban J connectivity index is 1.88. The Labute approximate surface area is 181 Å². The molecule has 154 valence electrons. The Morgan fingerprint density at radius 3 is 1.86 bits per heavy atom. The number of nitrogens with zero attached hydrogens (tertiary/aromatic N) is 1. The molecule has 1 N–H and O–H groups in total. The van der Waals surface area contributed by atoms with Gasteiger partial charge in [0.2, 0.25) is 0 Å². The highest BCUT2D eigenvalue weighted by molar-refractivity contribution is 6.76. The first-order chi connectivity index (χ1) is 13.4. The molecule has 1 aromatic rings. The van der Waals surface area contributed by atoms with Gasteiger partial charge in [0.25, 0.3) is 15.6 Å². The van der Waals surface area contributed by atoms with E-state index in [0.29, 0.717) is 11.3 Å². The predicted octanol–water partition coefficient (Wildman–Crippen LogP) is 6.10. The minimum Gasteiger partial charge on any atom is -0.333 e. The zero-order chi connectivity index (χ0) is 20.1. The van der Waals surface area contributed by atoms with Crippen molar-refractivity contribution in [1.29, 1.82) is 0 Å². The average Bonchev–Trinajstić information content (AvgIpc) is 2.69. The summed E-state index contributed by atoms with van der Waals surface area (Å²) in [4.78, 5) is 27.9. The standard InChI is InChI=1S/C21H27Cl3N2O2/c22-21(23,24)20(28)25-18-14-8-7-13-17(18)19(27)26(15-9-3-1-4-10-15)16-11-5-2-6-12-16/h7-8,13-16H,1-6,9-12H2,(H,25,28). The van der Waals surface area contributed by atoms with Crippen molar-refractivity contribution in [3.05, 3.63) is 29.8 Å². The summed E-state index contributed by atoms with van der Waals surface area (Å²) in [6.45, 7) is 0. The SMILES string of the molecule is O=C(c1ccccc1NC(=O)C(Cl)(Cl)Cl)N(C1CCCCC1)C1CCCCC1. The van der Waals surface area contributed by atoms with Crippen LogP contribution < -0.4 is 5.32 Å². The number of halogens is 3. The number of rotatable bonds is 4. The summed E-state index contributed by atoms with van der Waals surface area (Å²) in [5.74, 6) is -0.793. The lowest BCUT2D eigenvalue weighted by atomic mass is 9.88. The highest BCUT2D eigenvalue weighted by atomic mass is 35.6. The summed E-state index contributed by atoms with van der Waals surface area (Å²) < 4.78 is -2.08. The Morgan fingerprint density at radius 2 is 1.36 bits per heavy atom. The maximum atomic E-state index is 13.7. The van der Waals surface area contributed by atoms with Gasteiger partial charge in [0.1, 0.15) is 0 Å². The second kappa shape index (κ2) is 9.69. The van der Waals surface area contributed by atoms with Gasteiger partial charge in [0.15, 0.2) is 0 Å². The van der Waals surface area contributed by atoms with Gasteiger partial charge in [-0.2, -0.15) is 0 Å². The van der Waals surface area contributed by atoms with Gasteiger partial charge in [-0.1, -0.05) is 85.5 Å². The van der Waals surface area contributed by atoms with Crippen LogP contribution in [0.15, 0.2) is 24.3 Å². The van der Waals surface area contributed by atoms with Gasteiger partial charge in [-0.15, -0.1) is 0 Å². The molecule has 0 heterocycles. The summed E-state index contributed by atoms with van der Waals surface area (Å²) in [5.41, 5.74) is 0.849. The van der Waals surface area contributed by atoms with Gasteiger partial charge in [0, 0.05) is 12.1 Å². The first kappa shape index (κ1) is 21.7. The molecular formula is C21H27Cl3N2O2. The van der Waals surface area contributed by atoms with E-state index in [4.69, 9.17) is 34.8 Å². The van der Waals surface area contributed by atoms with Gasteiger partial charge in [-0.05, 0) is 37.8 Å². The molecule has 0 unspecified atom stereocenters. The minimum atomic E-state index is -2.08. The van der Waals surface area contributed by atoms with E-state index in [2.05, 4.69) is 10.2 Å². The smallest absolute Gasteiger partial charge is 0.276 e. The van der Waals surface area contributed by atoms with Crippen LogP contribution in [-0.2, 0) is 4.79 Å². The molecule has 0 bridgehead atoms. The van der Waals surface area contributed by atoms with E-state index in [0.717, 1.165) is 51.4 Å². The second-order valence-corrected chi connectivity index (χ2v) is 10.1. The number of anilines is 1. The largest absolute Gasteiger partial charge is 0.333 e. The third kappa shape index (κ3) is 5.34. The monoisotopic (exact) mass is 444 g/mol. The molecule has 0 radical (unpaired) electrons. The van der Waals surface area contributed by atoms with Crippen LogP contribution in [0.4, 0.5) is 5.69 Å². The van der Waals surface area contributed by atoms with Gasteiger partial charge in [-0.3, -0.25) is 9.59 Å². The minimum absolute atomic E-state index is 0.0287. The van der Waals surface area contributed by atoms with Crippen molar-refractivity contribution in [1.82, 2.24) is 4.90 Å². The molecule has 2 amide bonds. The Bertz CT molecular complexity index is 675. The van der Waals surface area contributed by atoms with Crippen molar-refractivity contribution >= 4 is 52.3 Å². The second-order valence-electron chi connectivity index (χ2n) is 7.79. The van der Waals surface area contributed by atoms with Crippen LogP contribution in [0.2, 0.25) is 0 Å². The van der Waals surface area contributed by atoms with Crippen molar-refractivity contribution in [2.45, 2.75) is 80.1 Å². The number of para-hydroxylation sites is 1. The van der Waals surface area contributed by atoms with E-state index in [1.165, 1.54) is 12.8 Å². The lowest BCUT2D eigenvalue weighted by molar-refractivity contribution is -0.115. The number of hydrogen-bond donors (Lipinski definition) is 1. The van der Waals surface area contributed by atoms with Crippen LogP contribution >= 0.6 is 34.8 Å². The molecule has 3 rings (SSSR count). The summed E-state index contributed by atoms with van der Waals surface area (Å²) >= 11 is 17.1. The highest BCUT2D eigenvalue weighted by Gasteiger charge is 2.35. The van der Waals surface area contributed by atoms with Crippen molar-refractivity contribution in [3.8, 4) is 0 Å². The van der Waals surface area contributed by atoms with Crippen LogP contribution in [0.1, 0.15) is 74.6 Å². The number of amides is 2. The molecule has 0 aromatic heterocycles. The van der Waals surface area contributed by atoms with Crippen molar-refractivity contribution < 1.29 is 9.59 Å². The summed E-state index contributed by atoms with van der Waals surface area (Å²) in [5, 5.41) is 2.61. The molecular weight excluding hydrogens is 419 g/mol. The summed E-state index contributed by atoms with van der Waals surface area (Å²) in [6, 6.07) is 7.52. The number of alkyl halides is 3. The van der Waals surface area contributed by atoms with E-state index in [1.54, 1.807) is 24.3 Å². The molecule has 4 nitrogen and oxygen atoms in total. The number of hydrogen-bond acceptors (Lipinski definition) is 2. The first-order valence-electron chi connectivity index (χ1n) is 10.2. The van der Waals surface area contributed by atoms with Crippen molar-refractivity contribution in [2.24, 2.45) is 0 Å². The molecule has 0 aliphatic heterocycles. The molecule has 2 fully saturated rings. The Morgan fingerprint density at radius 1 is 0.857 bits per heavy atom. The quantitative estimate of drug-likeness (QED) is 0.569. The van der Waals surface area contributed by atoms with Gasteiger partial charge in [-0.25, -0.2) is 0 Å². The van der Waals surface area contributed by atoms with Gasteiger partial charge >= 0.3 is 0 Å². The van der Waals surface area contributed by atoms with Crippen molar-refractivity contribution in [3.63, 3.8) is 0 Å². The molecule has 2 aliphatic rings. The number of carbonyl (C=O) groups is 2. The fourth-order valence-electron chi connectivity index (χ4n) is 4.46. The lowest BCUT2D eigenvalue weighted by Gasteiger charge is -2.42. The fraction of sp³-hybridized carbons (Fsp3) is 0.619. The van der Waals surface area contributed by atoms with Crippen LogP contribution in [0.5, 0.6) is 0 Å². The molecule has 0 saturated heterocycles. The maximum Gasteiger partial charge on any atom is 0.276 e. The summed E-state index contributed by atoms with van der Waals surface area (Å²) in [7, 11) is 0. The van der Waals surface area contributed by atoms with Crippen LogP contribution in [0, 0.1) is 0 Å².